The molecule has 2 aliphatic carbocycles. The van der Waals surface area contributed by atoms with E-state index in [1.54, 1.807) is 18.5 Å². The lowest BCUT2D eigenvalue weighted by Gasteiger charge is -2.41. The second-order valence-corrected chi connectivity index (χ2v) is 5.95. The largest absolute Gasteiger partial charge is 0.388 e. The third kappa shape index (κ3) is 2.35. The smallest absolute Gasteiger partial charge is 0.139 e. The fourth-order valence-electron chi connectivity index (χ4n) is 3.76. The number of allylic oxidation sites excluding steroid dienone is 1. The second-order valence-electron chi connectivity index (χ2n) is 5.95. The predicted octanol–water partition coefficient (Wildman–Crippen LogP) is 2.68. The molecule has 1 aromatic heterocycles. The number of rotatable bonds is 2. The molecule has 1 N–H and O–H groups in total. The van der Waals surface area contributed by atoms with Crippen molar-refractivity contribution in [1.29, 1.82) is 0 Å². The van der Waals surface area contributed by atoms with Gasteiger partial charge in [0, 0.05) is 18.8 Å². The molecule has 1 aromatic rings. The summed E-state index contributed by atoms with van der Waals surface area (Å²) in [7, 11) is 0. The molecule has 4 atom stereocenters. The highest BCUT2D eigenvalue weighted by Gasteiger charge is 2.43. The molecule has 0 amide bonds. The van der Waals surface area contributed by atoms with E-state index in [0.29, 0.717) is 12.3 Å². The summed E-state index contributed by atoms with van der Waals surface area (Å²) < 4.78 is 0. The Kier molecular flexibility index (Phi) is 3.23. The zero-order chi connectivity index (χ0) is 13.4. The van der Waals surface area contributed by atoms with E-state index in [-0.39, 0.29) is 17.6 Å². The second kappa shape index (κ2) is 4.89. The maximum atomic E-state index is 12.3. The molecule has 2 fully saturated rings. The summed E-state index contributed by atoms with van der Waals surface area (Å²) in [4.78, 5) is 16.4. The van der Waals surface area contributed by atoms with Crippen molar-refractivity contribution in [2.75, 3.05) is 0 Å². The first kappa shape index (κ1) is 12.5. The topological polar surface area (TPSA) is 50.2 Å². The number of fused-ring (bicyclic) bond motifs is 2. The Balaban J connectivity index is 1.86. The Hall–Kier alpha value is -1.48. The number of aromatic nitrogens is 1. The van der Waals surface area contributed by atoms with Gasteiger partial charge in [0.2, 0.25) is 0 Å². The molecule has 2 saturated carbocycles. The van der Waals surface area contributed by atoms with Gasteiger partial charge < -0.3 is 5.11 Å². The average molecular weight is 257 g/mol. The molecule has 2 unspecified atom stereocenters. The number of carbonyl (C=O) groups excluding carboxylic acids is 1. The number of ketones is 1. The van der Waals surface area contributed by atoms with Crippen LogP contribution in [0.1, 0.15) is 37.4 Å². The van der Waals surface area contributed by atoms with Crippen molar-refractivity contribution in [3.63, 3.8) is 0 Å². The van der Waals surface area contributed by atoms with Crippen LogP contribution in [0.15, 0.2) is 36.7 Å². The normalized spacial score (nSPS) is 32.2. The molecule has 3 nitrogen and oxygen atoms in total. The monoisotopic (exact) mass is 257 g/mol. The zero-order valence-corrected chi connectivity index (χ0v) is 11.0. The van der Waals surface area contributed by atoms with Gasteiger partial charge in [-0.25, -0.2) is 0 Å². The molecule has 100 valence electrons. The molecule has 0 aliphatic heterocycles. The van der Waals surface area contributed by atoms with Gasteiger partial charge in [0.15, 0.2) is 0 Å². The Bertz CT molecular complexity index is 497. The van der Waals surface area contributed by atoms with E-state index in [1.165, 1.54) is 5.57 Å². The highest BCUT2D eigenvalue weighted by atomic mass is 16.3. The molecule has 0 saturated heterocycles. The van der Waals surface area contributed by atoms with Crippen molar-refractivity contribution in [2.45, 2.75) is 31.8 Å². The van der Waals surface area contributed by atoms with E-state index in [9.17, 15) is 9.90 Å². The fraction of sp³-hybridized carbons (Fsp3) is 0.500. The Morgan fingerprint density at radius 3 is 2.95 bits per heavy atom. The van der Waals surface area contributed by atoms with Crippen LogP contribution in [0.2, 0.25) is 0 Å². The van der Waals surface area contributed by atoms with Crippen LogP contribution in [-0.2, 0) is 4.79 Å². The highest BCUT2D eigenvalue weighted by Crippen LogP contribution is 2.47. The summed E-state index contributed by atoms with van der Waals surface area (Å²) in [5.41, 5.74) is 1.98. The van der Waals surface area contributed by atoms with Crippen LogP contribution in [0, 0.1) is 17.8 Å². The Morgan fingerprint density at radius 1 is 1.37 bits per heavy atom. The van der Waals surface area contributed by atoms with E-state index in [2.05, 4.69) is 11.6 Å². The van der Waals surface area contributed by atoms with E-state index in [1.807, 2.05) is 6.07 Å². The highest BCUT2D eigenvalue weighted by molar-refractivity contribution is 5.83. The first-order valence-electron chi connectivity index (χ1n) is 6.92. The lowest BCUT2D eigenvalue weighted by atomic mass is 9.63. The Labute approximate surface area is 113 Å². The number of nitrogens with zero attached hydrogens (tertiary/aromatic N) is 1. The Morgan fingerprint density at radius 2 is 2.21 bits per heavy atom. The third-order valence-electron chi connectivity index (χ3n) is 4.50. The lowest BCUT2D eigenvalue weighted by molar-refractivity contribution is -0.134. The van der Waals surface area contributed by atoms with Gasteiger partial charge in [-0.1, -0.05) is 18.2 Å². The van der Waals surface area contributed by atoms with E-state index < -0.39 is 6.10 Å². The fourth-order valence-corrected chi connectivity index (χ4v) is 3.76. The van der Waals surface area contributed by atoms with Gasteiger partial charge in [-0.05, 0) is 42.7 Å². The van der Waals surface area contributed by atoms with Crippen LogP contribution in [0.3, 0.4) is 0 Å². The molecule has 0 radical (unpaired) electrons. The molecule has 19 heavy (non-hydrogen) atoms. The molecule has 2 aliphatic rings. The minimum absolute atomic E-state index is 0.213. The lowest BCUT2D eigenvalue weighted by Crippen LogP contribution is -2.39. The quantitative estimate of drug-likeness (QED) is 0.829. The van der Waals surface area contributed by atoms with Crippen molar-refractivity contribution < 1.29 is 9.90 Å². The maximum absolute atomic E-state index is 12.3. The first-order chi connectivity index (χ1) is 9.15. The van der Waals surface area contributed by atoms with Gasteiger partial charge >= 0.3 is 0 Å². The average Bonchev–Trinajstić information content (AvgIpc) is 2.38. The SMILES string of the molecule is C=C1CC2CC(=O)[C@@H]([C@H](O)c3cccnc3)C(C1)C2. The van der Waals surface area contributed by atoms with Gasteiger partial charge in [-0.15, -0.1) is 0 Å². The summed E-state index contributed by atoms with van der Waals surface area (Å²) in [6.07, 6.45) is 6.11. The number of aliphatic hydroxyl groups is 1. The number of Topliss-reactive ketones (excluding diaryl/α,β-unsaturated/α-hetero) is 1. The van der Waals surface area contributed by atoms with E-state index >= 15 is 0 Å². The van der Waals surface area contributed by atoms with Crippen molar-refractivity contribution in [2.24, 2.45) is 17.8 Å². The van der Waals surface area contributed by atoms with Crippen LogP contribution >= 0.6 is 0 Å². The molecule has 0 spiro atoms. The number of hydrogen-bond acceptors (Lipinski definition) is 3. The number of carbonyl (C=O) groups is 1. The third-order valence-corrected chi connectivity index (χ3v) is 4.50. The predicted molar refractivity (Wildman–Crippen MR) is 72.3 cm³/mol. The van der Waals surface area contributed by atoms with Gasteiger partial charge in [-0.2, -0.15) is 0 Å². The van der Waals surface area contributed by atoms with Crippen LogP contribution in [0.4, 0.5) is 0 Å². The van der Waals surface area contributed by atoms with Gasteiger partial charge in [0.25, 0.3) is 0 Å². The first-order valence-corrected chi connectivity index (χ1v) is 6.92. The molecule has 1 heterocycles. The minimum Gasteiger partial charge on any atom is -0.388 e. The van der Waals surface area contributed by atoms with Crippen molar-refractivity contribution in [1.82, 2.24) is 4.98 Å². The number of pyridine rings is 1. The summed E-state index contributed by atoms with van der Waals surface area (Å²) in [5, 5.41) is 10.5. The summed E-state index contributed by atoms with van der Waals surface area (Å²) in [6.45, 7) is 4.08. The van der Waals surface area contributed by atoms with Gasteiger partial charge in [0.05, 0.1) is 12.0 Å². The maximum Gasteiger partial charge on any atom is 0.139 e. The molecule has 2 bridgehead atoms. The van der Waals surface area contributed by atoms with Crippen LogP contribution in [-0.4, -0.2) is 15.9 Å². The van der Waals surface area contributed by atoms with Crippen molar-refractivity contribution in [3.05, 3.63) is 42.2 Å². The van der Waals surface area contributed by atoms with Gasteiger partial charge in [-0.3, -0.25) is 9.78 Å². The summed E-state index contributed by atoms with van der Waals surface area (Å²) in [5.74, 6) is 0.640. The van der Waals surface area contributed by atoms with Crippen LogP contribution < -0.4 is 0 Å². The van der Waals surface area contributed by atoms with E-state index in [4.69, 9.17) is 0 Å². The summed E-state index contributed by atoms with van der Waals surface area (Å²) in [6, 6.07) is 3.64. The minimum atomic E-state index is -0.724. The van der Waals surface area contributed by atoms with Crippen LogP contribution in [0.25, 0.3) is 0 Å². The molecular weight excluding hydrogens is 238 g/mol. The van der Waals surface area contributed by atoms with Crippen molar-refractivity contribution in [3.8, 4) is 0 Å². The zero-order valence-electron chi connectivity index (χ0n) is 11.0. The van der Waals surface area contributed by atoms with Crippen molar-refractivity contribution >= 4 is 5.78 Å². The molecule has 0 aromatic carbocycles. The number of hydrogen-bond donors (Lipinski definition) is 1. The number of aliphatic hydroxyl groups excluding tert-OH is 1. The summed E-state index contributed by atoms with van der Waals surface area (Å²) >= 11 is 0. The molecule has 3 rings (SSSR count). The van der Waals surface area contributed by atoms with Gasteiger partial charge in [0.1, 0.15) is 5.78 Å². The molecular formula is C16H19NO2. The standard InChI is InChI=1S/C16H19NO2/c1-10-5-11-7-13(6-10)15(14(18)8-11)16(19)12-3-2-4-17-9-12/h2-4,9,11,13,15-16,19H,1,5-8H2/t11?,13?,15-,16+/m0/s1. The molecule has 3 heteroatoms. The van der Waals surface area contributed by atoms with E-state index in [0.717, 1.165) is 24.8 Å². The van der Waals surface area contributed by atoms with Crippen LogP contribution in [0.5, 0.6) is 0 Å².